The Balaban J connectivity index is 1.85. The summed E-state index contributed by atoms with van der Waals surface area (Å²) in [5.41, 5.74) is 1.10. The highest BCUT2D eigenvalue weighted by molar-refractivity contribution is 5.86. The Bertz CT molecular complexity index is 675. The molecule has 0 radical (unpaired) electrons. The molecule has 114 valence electrons. The molecule has 2 aromatic rings. The fourth-order valence-corrected chi connectivity index (χ4v) is 2.78. The van der Waals surface area contributed by atoms with Crippen molar-refractivity contribution in [3.05, 3.63) is 53.7 Å². The van der Waals surface area contributed by atoms with Gasteiger partial charge in [-0.1, -0.05) is 12.1 Å². The number of anilines is 1. The fourth-order valence-electron chi connectivity index (χ4n) is 2.78. The second-order valence-electron chi connectivity index (χ2n) is 5.16. The van der Waals surface area contributed by atoms with Gasteiger partial charge in [0, 0.05) is 6.54 Å². The van der Waals surface area contributed by atoms with E-state index in [1.54, 1.807) is 18.3 Å². The van der Waals surface area contributed by atoms with Crippen molar-refractivity contribution in [1.82, 2.24) is 9.97 Å². The maximum atomic E-state index is 13.4. The van der Waals surface area contributed by atoms with Crippen molar-refractivity contribution in [2.24, 2.45) is 0 Å². The van der Waals surface area contributed by atoms with E-state index in [1.807, 2.05) is 6.07 Å². The van der Waals surface area contributed by atoms with Crippen molar-refractivity contribution in [2.45, 2.75) is 18.9 Å². The van der Waals surface area contributed by atoms with Crippen molar-refractivity contribution < 1.29 is 13.9 Å². The van der Waals surface area contributed by atoms with Crippen LogP contribution in [0, 0.1) is 5.82 Å². The summed E-state index contributed by atoms with van der Waals surface area (Å²) in [6, 6.07) is 6.71. The standard InChI is InChI=1S/C16H16FN3O2/c1-22-16(21)13-9-19-15(10-18-13)20-7-3-6-14(20)11-4-2-5-12(17)8-11/h2,4-5,8-10,14H,3,6-7H2,1H3/t14-/m0/s1. The minimum Gasteiger partial charge on any atom is -0.464 e. The largest absolute Gasteiger partial charge is 0.464 e. The molecule has 0 amide bonds. The van der Waals surface area contributed by atoms with Crippen LogP contribution in [0.15, 0.2) is 36.7 Å². The second-order valence-corrected chi connectivity index (χ2v) is 5.16. The van der Waals surface area contributed by atoms with E-state index in [2.05, 4.69) is 19.6 Å². The summed E-state index contributed by atoms with van der Waals surface area (Å²) in [7, 11) is 1.30. The van der Waals surface area contributed by atoms with Gasteiger partial charge in [0.1, 0.15) is 11.6 Å². The van der Waals surface area contributed by atoms with E-state index in [4.69, 9.17) is 0 Å². The van der Waals surface area contributed by atoms with Gasteiger partial charge < -0.3 is 9.64 Å². The Labute approximate surface area is 127 Å². The number of aromatic nitrogens is 2. The van der Waals surface area contributed by atoms with Crippen LogP contribution in [0.4, 0.5) is 10.2 Å². The number of hydrogen-bond acceptors (Lipinski definition) is 5. The molecule has 1 aromatic heterocycles. The Morgan fingerprint density at radius 1 is 1.36 bits per heavy atom. The molecule has 0 spiro atoms. The maximum absolute atomic E-state index is 13.4. The molecular formula is C16H16FN3O2. The topological polar surface area (TPSA) is 55.3 Å². The van der Waals surface area contributed by atoms with Gasteiger partial charge in [-0.25, -0.2) is 19.2 Å². The minimum atomic E-state index is -0.512. The lowest BCUT2D eigenvalue weighted by molar-refractivity contribution is 0.0593. The van der Waals surface area contributed by atoms with Crippen LogP contribution in [0.3, 0.4) is 0 Å². The summed E-state index contributed by atoms with van der Waals surface area (Å²) >= 11 is 0. The number of nitrogens with zero attached hydrogens (tertiary/aromatic N) is 3. The first kappa shape index (κ1) is 14.4. The number of esters is 1. The summed E-state index contributed by atoms with van der Waals surface area (Å²) in [5.74, 6) is -0.0713. The SMILES string of the molecule is COC(=O)c1cnc(N2CCC[C@H]2c2cccc(F)c2)cn1. The monoisotopic (exact) mass is 301 g/mol. The number of carbonyl (C=O) groups excluding carboxylic acids is 1. The lowest BCUT2D eigenvalue weighted by Crippen LogP contribution is -2.24. The van der Waals surface area contributed by atoms with Gasteiger partial charge in [-0.05, 0) is 30.5 Å². The van der Waals surface area contributed by atoms with Crippen molar-refractivity contribution in [2.75, 3.05) is 18.6 Å². The van der Waals surface area contributed by atoms with Crippen molar-refractivity contribution in [3.8, 4) is 0 Å². The number of halogens is 1. The Kier molecular flexibility index (Phi) is 4.00. The zero-order valence-corrected chi connectivity index (χ0v) is 12.2. The van der Waals surface area contributed by atoms with Crippen LogP contribution in [0.5, 0.6) is 0 Å². The first-order valence-corrected chi connectivity index (χ1v) is 7.11. The van der Waals surface area contributed by atoms with Crippen molar-refractivity contribution >= 4 is 11.8 Å². The molecule has 2 heterocycles. The number of hydrogen-bond donors (Lipinski definition) is 0. The highest BCUT2D eigenvalue weighted by Gasteiger charge is 2.27. The van der Waals surface area contributed by atoms with Crippen molar-refractivity contribution in [1.29, 1.82) is 0 Å². The van der Waals surface area contributed by atoms with Crippen LogP contribution in [-0.2, 0) is 4.74 Å². The number of benzene rings is 1. The molecule has 1 fully saturated rings. The Morgan fingerprint density at radius 2 is 2.23 bits per heavy atom. The van der Waals surface area contributed by atoms with Crippen LogP contribution >= 0.6 is 0 Å². The van der Waals surface area contributed by atoms with Gasteiger partial charge in [-0.2, -0.15) is 0 Å². The Hall–Kier alpha value is -2.50. The molecule has 1 aliphatic rings. The van der Waals surface area contributed by atoms with Crippen LogP contribution in [0.1, 0.15) is 34.9 Å². The van der Waals surface area contributed by atoms with Gasteiger partial charge in [0.15, 0.2) is 5.69 Å². The Morgan fingerprint density at radius 3 is 2.91 bits per heavy atom. The average molecular weight is 301 g/mol. The van der Waals surface area contributed by atoms with Gasteiger partial charge in [0.25, 0.3) is 0 Å². The normalized spacial score (nSPS) is 17.5. The quantitative estimate of drug-likeness (QED) is 0.816. The summed E-state index contributed by atoms with van der Waals surface area (Å²) in [5, 5.41) is 0. The first-order valence-electron chi connectivity index (χ1n) is 7.11. The summed E-state index contributed by atoms with van der Waals surface area (Å²) in [6.45, 7) is 0.827. The number of methoxy groups -OCH3 is 1. The number of rotatable bonds is 3. The summed E-state index contributed by atoms with van der Waals surface area (Å²) < 4.78 is 18.0. The fraction of sp³-hybridized carbons (Fsp3) is 0.312. The van der Waals surface area contributed by atoms with E-state index in [1.165, 1.54) is 19.4 Å². The molecule has 22 heavy (non-hydrogen) atoms. The maximum Gasteiger partial charge on any atom is 0.358 e. The van der Waals surface area contributed by atoms with E-state index >= 15 is 0 Å². The molecule has 6 heteroatoms. The molecule has 1 aliphatic heterocycles. The van der Waals surface area contributed by atoms with Crippen LogP contribution in [0.25, 0.3) is 0 Å². The summed E-state index contributed by atoms with van der Waals surface area (Å²) in [6.07, 6.45) is 4.90. The predicted octanol–water partition coefficient (Wildman–Crippen LogP) is 2.74. The van der Waals surface area contributed by atoms with Crippen LogP contribution < -0.4 is 4.90 Å². The zero-order chi connectivity index (χ0) is 15.5. The van der Waals surface area contributed by atoms with E-state index in [-0.39, 0.29) is 17.6 Å². The van der Waals surface area contributed by atoms with Gasteiger partial charge >= 0.3 is 5.97 Å². The predicted molar refractivity (Wildman–Crippen MR) is 79.1 cm³/mol. The number of ether oxygens (including phenoxy) is 1. The molecule has 1 saturated heterocycles. The molecule has 1 aromatic carbocycles. The van der Waals surface area contributed by atoms with Gasteiger partial charge in [0.05, 0.1) is 25.5 Å². The van der Waals surface area contributed by atoms with Crippen LogP contribution in [-0.4, -0.2) is 29.6 Å². The van der Waals surface area contributed by atoms with Gasteiger partial charge in [-0.3, -0.25) is 0 Å². The molecule has 1 atom stereocenters. The van der Waals surface area contributed by atoms with E-state index < -0.39 is 5.97 Å². The highest BCUT2D eigenvalue weighted by Crippen LogP contribution is 2.34. The molecule has 0 bridgehead atoms. The van der Waals surface area contributed by atoms with Gasteiger partial charge in [0.2, 0.25) is 0 Å². The molecule has 3 rings (SSSR count). The molecular weight excluding hydrogens is 285 g/mol. The van der Waals surface area contributed by atoms with E-state index in [9.17, 15) is 9.18 Å². The lowest BCUT2D eigenvalue weighted by atomic mass is 10.0. The van der Waals surface area contributed by atoms with E-state index in [0.717, 1.165) is 24.9 Å². The number of carbonyl (C=O) groups is 1. The van der Waals surface area contributed by atoms with Gasteiger partial charge in [-0.15, -0.1) is 0 Å². The first-order chi connectivity index (χ1) is 10.7. The minimum absolute atomic E-state index is 0.0778. The van der Waals surface area contributed by atoms with Crippen LogP contribution in [0.2, 0.25) is 0 Å². The highest BCUT2D eigenvalue weighted by atomic mass is 19.1. The average Bonchev–Trinajstić information content (AvgIpc) is 3.04. The molecule has 0 aliphatic carbocycles. The summed E-state index contributed by atoms with van der Waals surface area (Å²) in [4.78, 5) is 21.9. The molecule has 0 N–H and O–H groups in total. The zero-order valence-electron chi connectivity index (χ0n) is 12.2. The third kappa shape index (κ3) is 2.77. The van der Waals surface area contributed by atoms with E-state index in [0.29, 0.717) is 5.82 Å². The molecule has 5 nitrogen and oxygen atoms in total. The molecule has 0 unspecified atom stereocenters. The third-order valence-electron chi connectivity index (χ3n) is 3.81. The van der Waals surface area contributed by atoms with Crippen molar-refractivity contribution in [3.63, 3.8) is 0 Å². The second kappa shape index (κ2) is 6.09. The third-order valence-corrected chi connectivity index (χ3v) is 3.81. The smallest absolute Gasteiger partial charge is 0.358 e. The lowest BCUT2D eigenvalue weighted by Gasteiger charge is -2.25. The molecule has 0 saturated carbocycles.